The topological polar surface area (TPSA) is 140 Å². The normalized spacial score (nSPS) is 16.2. The number of nitrogen functional groups attached to an aromatic ring is 1. The fourth-order valence-electron chi connectivity index (χ4n) is 2.73. The molecule has 8 nitrogen and oxygen atoms in total. The van der Waals surface area contributed by atoms with Gasteiger partial charge in [-0.25, -0.2) is 0 Å². The number of aromatic nitrogens is 4. The number of thioether (sulfide) groups is 1. The van der Waals surface area contributed by atoms with Crippen LogP contribution < -0.4 is 16.2 Å². The van der Waals surface area contributed by atoms with Crippen molar-refractivity contribution in [3.63, 3.8) is 0 Å². The highest BCUT2D eigenvalue weighted by molar-refractivity contribution is 8.00. The van der Waals surface area contributed by atoms with Gasteiger partial charge in [0.05, 0.1) is 11.5 Å². The number of anilines is 1. The number of hydrogen-bond acceptors (Lipinski definition) is 10. The Morgan fingerprint density at radius 2 is 2.27 bits per heavy atom. The van der Waals surface area contributed by atoms with E-state index in [1.165, 1.54) is 11.3 Å². The summed E-state index contributed by atoms with van der Waals surface area (Å²) in [5, 5.41) is 27.0. The Labute approximate surface area is 160 Å². The average molecular weight is 404 g/mol. The Morgan fingerprint density at radius 1 is 1.42 bits per heavy atom. The van der Waals surface area contributed by atoms with E-state index in [4.69, 9.17) is 16.2 Å². The molecule has 0 bridgehead atoms. The molecule has 0 spiro atoms. The molecule has 3 aromatic rings. The molecular formula is C15H13N7OS3. The lowest BCUT2D eigenvalue weighted by Crippen LogP contribution is -2.20. The fraction of sp³-hybridized carbons (Fsp3) is 0.200. The van der Waals surface area contributed by atoms with E-state index < -0.39 is 0 Å². The first-order chi connectivity index (χ1) is 12.6. The maximum atomic E-state index is 9.58. The van der Waals surface area contributed by atoms with Crippen molar-refractivity contribution in [2.75, 3.05) is 5.73 Å². The number of rotatable bonds is 4. The number of hydrogen-bond donors (Lipinski definition) is 3. The molecule has 4 heterocycles. The van der Waals surface area contributed by atoms with Gasteiger partial charge in [-0.1, -0.05) is 23.1 Å². The highest BCUT2D eigenvalue weighted by atomic mass is 32.2. The number of fused-ring (bicyclic) bond motifs is 1. The molecule has 4 rings (SSSR count). The number of thiophene rings is 1. The smallest absolute Gasteiger partial charge is 0.244 e. The van der Waals surface area contributed by atoms with Gasteiger partial charge in [0.2, 0.25) is 16.9 Å². The summed E-state index contributed by atoms with van der Waals surface area (Å²) in [5.74, 6) is 0.999. The number of allylic oxidation sites excluding steroid dienone is 1. The SMILES string of the molecule is Cc1[nH]nc2c1C(c1cc(CSc3nnc(N)s3)cs1)C(C#N)=C(N)O2. The Morgan fingerprint density at radius 3 is 3.00 bits per heavy atom. The van der Waals surface area contributed by atoms with E-state index in [1.54, 1.807) is 23.1 Å². The summed E-state index contributed by atoms with van der Waals surface area (Å²) in [6.07, 6.45) is 0. The zero-order chi connectivity index (χ0) is 18.3. The minimum absolute atomic E-state index is 0.102. The molecular weight excluding hydrogens is 390 g/mol. The fourth-order valence-corrected chi connectivity index (χ4v) is 5.43. The maximum absolute atomic E-state index is 9.58. The van der Waals surface area contributed by atoms with Gasteiger partial charge in [0.15, 0.2) is 4.34 Å². The van der Waals surface area contributed by atoms with Crippen molar-refractivity contribution >= 4 is 39.6 Å². The van der Waals surface area contributed by atoms with Gasteiger partial charge >= 0.3 is 0 Å². The number of aromatic amines is 1. The molecule has 1 unspecified atom stereocenters. The molecule has 11 heteroatoms. The van der Waals surface area contributed by atoms with Crippen LogP contribution in [0.25, 0.3) is 0 Å². The second kappa shape index (κ2) is 6.64. The third-order valence-corrected chi connectivity index (χ3v) is 6.88. The van der Waals surface area contributed by atoms with E-state index in [-0.39, 0.29) is 11.8 Å². The van der Waals surface area contributed by atoms with Crippen LogP contribution in [-0.4, -0.2) is 20.4 Å². The molecule has 5 N–H and O–H groups in total. The molecule has 1 aliphatic rings. The second-order valence-electron chi connectivity index (χ2n) is 5.54. The molecule has 0 fully saturated rings. The predicted molar refractivity (Wildman–Crippen MR) is 101 cm³/mol. The Kier molecular flexibility index (Phi) is 4.31. The molecule has 0 amide bonds. The minimum atomic E-state index is -0.275. The Balaban J connectivity index is 1.63. The lowest BCUT2D eigenvalue weighted by Gasteiger charge is -2.22. The van der Waals surface area contributed by atoms with Crippen LogP contribution >= 0.6 is 34.4 Å². The van der Waals surface area contributed by atoms with Crippen LogP contribution in [0.15, 0.2) is 27.2 Å². The van der Waals surface area contributed by atoms with Crippen molar-refractivity contribution in [1.29, 1.82) is 5.26 Å². The van der Waals surface area contributed by atoms with Gasteiger partial charge in [-0.3, -0.25) is 5.10 Å². The van der Waals surface area contributed by atoms with Crippen molar-refractivity contribution < 1.29 is 4.74 Å². The van der Waals surface area contributed by atoms with Crippen molar-refractivity contribution in [3.8, 4) is 11.9 Å². The van der Waals surface area contributed by atoms with Gasteiger partial charge in [0.25, 0.3) is 0 Å². The molecule has 0 saturated carbocycles. The summed E-state index contributed by atoms with van der Waals surface area (Å²) in [4.78, 5) is 1.02. The Hall–Kier alpha value is -2.55. The summed E-state index contributed by atoms with van der Waals surface area (Å²) < 4.78 is 6.32. The second-order valence-corrected chi connectivity index (χ2v) is 8.72. The third kappa shape index (κ3) is 2.92. The van der Waals surface area contributed by atoms with Gasteiger partial charge in [-0.15, -0.1) is 26.6 Å². The zero-order valence-corrected chi connectivity index (χ0v) is 16.0. The quantitative estimate of drug-likeness (QED) is 0.565. The molecule has 0 saturated heterocycles. The minimum Gasteiger partial charge on any atom is -0.420 e. The van der Waals surface area contributed by atoms with E-state index in [1.807, 2.05) is 6.92 Å². The first-order valence-electron chi connectivity index (χ1n) is 7.48. The van der Waals surface area contributed by atoms with Crippen LogP contribution in [0.5, 0.6) is 5.88 Å². The van der Waals surface area contributed by atoms with E-state index in [9.17, 15) is 5.26 Å². The number of nitrogens with zero attached hydrogens (tertiary/aromatic N) is 4. The highest BCUT2D eigenvalue weighted by Crippen LogP contribution is 2.44. The number of nitrogens with one attached hydrogen (secondary N) is 1. The molecule has 1 atom stereocenters. The first kappa shape index (κ1) is 16.9. The number of H-pyrrole nitrogens is 1. The van der Waals surface area contributed by atoms with Crippen LogP contribution in [0.3, 0.4) is 0 Å². The summed E-state index contributed by atoms with van der Waals surface area (Å²) >= 11 is 4.53. The van der Waals surface area contributed by atoms with E-state index in [0.29, 0.717) is 16.6 Å². The molecule has 0 radical (unpaired) electrons. The van der Waals surface area contributed by atoms with Gasteiger partial charge in [-0.2, -0.15) is 5.26 Å². The number of nitriles is 1. The summed E-state index contributed by atoms with van der Waals surface area (Å²) in [5.41, 5.74) is 14.8. The lowest BCUT2D eigenvalue weighted by atomic mass is 9.89. The summed E-state index contributed by atoms with van der Waals surface area (Å²) in [6, 6.07) is 4.27. The summed E-state index contributed by atoms with van der Waals surface area (Å²) in [6.45, 7) is 1.91. The largest absolute Gasteiger partial charge is 0.420 e. The van der Waals surface area contributed by atoms with Crippen LogP contribution in [0.1, 0.15) is 27.6 Å². The predicted octanol–water partition coefficient (Wildman–Crippen LogP) is 2.72. The van der Waals surface area contributed by atoms with E-state index in [0.717, 1.165) is 31.8 Å². The van der Waals surface area contributed by atoms with Gasteiger partial charge in [0, 0.05) is 16.3 Å². The lowest BCUT2D eigenvalue weighted by molar-refractivity contribution is 0.379. The van der Waals surface area contributed by atoms with Gasteiger partial charge in [0.1, 0.15) is 11.6 Å². The van der Waals surface area contributed by atoms with Crippen molar-refractivity contribution in [2.45, 2.75) is 22.9 Å². The van der Waals surface area contributed by atoms with E-state index >= 15 is 0 Å². The highest BCUT2D eigenvalue weighted by Gasteiger charge is 2.35. The van der Waals surface area contributed by atoms with Crippen LogP contribution in [-0.2, 0) is 5.75 Å². The van der Waals surface area contributed by atoms with Gasteiger partial charge in [-0.05, 0) is 23.9 Å². The molecule has 1 aliphatic heterocycles. The molecule has 132 valence electrons. The third-order valence-electron chi connectivity index (χ3n) is 3.87. The number of ether oxygens (including phenoxy) is 1. The number of aryl methyl sites for hydroxylation is 1. The molecule has 0 aliphatic carbocycles. The maximum Gasteiger partial charge on any atom is 0.244 e. The van der Waals surface area contributed by atoms with Crippen molar-refractivity contribution in [1.82, 2.24) is 20.4 Å². The van der Waals surface area contributed by atoms with Crippen molar-refractivity contribution in [3.05, 3.63) is 44.6 Å². The molecule has 3 aromatic heterocycles. The van der Waals surface area contributed by atoms with E-state index in [2.05, 4.69) is 37.9 Å². The van der Waals surface area contributed by atoms with Gasteiger partial charge < -0.3 is 16.2 Å². The van der Waals surface area contributed by atoms with Crippen molar-refractivity contribution in [2.24, 2.45) is 5.73 Å². The standard InChI is InChI=1S/C15H13N7OS3/c1-6-10-11(8(3-16)12(17)23-13(10)20-19-6)9-2-7(4-24-9)5-25-15-22-21-14(18)26-15/h2,4,11H,5,17H2,1H3,(H2,18,21)(H,19,20). The van der Waals surface area contributed by atoms with Crippen LogP contribution in [0, 0.1) is 18.3 Å². The molecule has 26 heavy (non-hydrogen) atoms. The zero-order valence-electron chi connectivity index (χ0n) is 13.5. The Bertz CT molecular complexity index is 1040. The monoisotopic (exact) mass is 403 g/mol. The first-order valence-corrected chi connectivity index (χ1v) is 10.2. The van der Waals surface area contributed by atoms with Crippen LogP contribution in [0.2, 0.25) is 0 Å². The van der Waals surface area contributed by atoms with Crippen LogP contribution in [0.4, 0.5) is 5.13 Å². The average Bonchev–Trinajstić information content (AvgIpc) is 3.33. The number of nitrogens with two attached hydrogens (primary N) is 2. The summed E-state index contributed by atoms with van der Waals surface area (Å²) in [7, 11) is 0. The molecule has 0 aromatic carbocycles.